The summed E-state index contributed by atoms with van der Waals surface area (Å²) in [5.41, 5.74) is 0.214. The largest absolute Gasteiger partial charge is 0.458 e. The zero-order valence-electron chi connectivity index (χ0n) is 30.7. The first-order valence-electron chi connectivity index (χ1n) is 17.0. The second-order valence-electron chi connectivity index (χ2n) is 15.4. The molecule has 8 atom stereocenters. The molecule has 0 spiro atoms. The molecular formula is C36H59N3O6S2. The maximum Gasteiger partial charge on any atom is 0.407 e. The minimum Gasteiger partial charge on any atom is -0.458 e. The van der Waals surface area contributed by atoms with E-state index in [0.717, 1.165) is 34.9 Å². The number of ketones is 1. The van der Waals surface area contributed by atoms with Gasteiger partial charge in [0.05, 0.1) is 23.6 Å². The monoisotopic (exact) mass is 693 g/mol. The van der Waals surface area contributed by atoms with Crippen LogP contribution in [0, 0.1) is 23.2 Å². The Hall–Kier alpha value is -1.95. The van der Waals surface area contributed by atoms with Crippen molar-refractivity contribution in [3.8, 4) is 0 Å². The molecule has 1 N–H and O–H groups in total. The van der Waals surface area contributed by atoms with Crippen LogP contribution in [0.5, 0.6) is 0 Å². The Morgan fingerprint density at radius 2 is 1.91 bits per heavy atom. The summed E-state index contributed by atoms with van der Waals surface area (Å²) in [6.07, 6.45) is 6.06. The molecule has 0 saturated carbocycles. The van der Waals surface area contributed by atoms with E-state index >= 15 is 0 Å². The van der Waals surface area contributed by atoms with Crippen LogP contribution in [0.1, 0.15) is 107 Å². The number of hydrogen-bond acceptors (Lipinski definition) is 10. The fraction of sp³-hybridized carbons (Fsp3) is 0.778. The average Bonchev–Trinajstić information content (AvgIpc) is 3.27. The van der Waals surface area contributed by atoms with Gasteiger partial charge < -0.3 is 19.5 Å². The number of thiazole rings is 1. The number of aromatic nitrogens is 1. The van der Waals surface area contributed by atoms with Crippen LogP contribution in [-0.2, 0) is 23.8 Å². The number of cyclic esters (lactones) is 1. The Morgan fingerprint density at radius 3 is 2.51 bits per heavy atom. The Labute approximate surface area is 291 Å². The predicted molar refractivity (Wildman–Crippen MR) is 191 cm³/mol. The molecule has 1 unspecified atom stereocenters. The highest BCUT2D eigenvalue weighted by Gasteiger charge is 2.58. The van der Waals surface area contributed by atoms with Crippen molar-refractivity contribution in [2.45, 2.75) is 135 Å². The summed E-state index contributed by atoms with van der Waals surface area (Å²) in [6, 6.07) is 0.150. The third-order valence-electron chi connectivity index (χ3n) is 10.5. The molecule has 11 heteroatoms. The van der Waals surface area contributed by atoms with E-state index < -0.39 is 29.3 Å². The van der Waals surface area contributed by atoms with E-state index in [0.29, 0.717) is 25.4 Å². The molecule has 3 rings (SSSR count). The van der Waals surface area contributed by atoms with Crippen molar-refractivity contribution in [1.29, 1.82) is 0 Å². The predicted octanol–water partition coefficient (Wildman–Crippen LogP) is 7.63. The highest BCUT2D eigenvalue weighted by molar-refractivity contribution is 8.00. The van der Waals surface area contributed by atoms with E-state index in [1.54, 1.807) is 30.2 Å². The summed E-state index contributed by atoms with van der Waals surface area (Å²) in [6.45, 7) is 21.1. The van der Waals surface area contributed by atoms with Crippen LogP contribution in [-0.4, -0.2) is 83.6 Å². The number of nitrogens with one attached hydrogen (secondary N) is 1. The van der Waals surface area contributed by atoms with E-state index in [9.17, 15) is 14.4 Å². The number of carbonyl (C=O) groups excluding carboxylic acids is 3. The van der Waals surface area contributed by atoms with Crippen molar-refractivity contribution >= 4 is 47.0 Å². The lowest BCUT2D eigenvalue weighted by atomic mass is 9.70. The fourth-order valence-electron chi connectivity index (χ4n) is 7.07. The molecule has 47 heavy (non-hydrogen) atoms. The molecule has 0 aliphatic carbocycles. The second-order valence-corrected chi connectivity index (χ2v) is 17.3. The van der Waals surface area contributed by atoms with Gasteiger partial charge in [0.25, 0.3) is 0 Å². The molecule has 2 fully saturated rings. The number of ether oxygens (including phenoxy) is 3. The van der Waals surface area contributed by atoms with Gasteiger partial charge in [0.2, 0.25) is 0 Å². The highest BCUT2D eigenvalue weighted by Crippen LogP contribution is 2.48. The van der Waals surface area contributed by atoms with Gasteiger partial charge in [-0.1, -0.05) is 59.2 Å². The minimum absolute atomic E-state index is 0.0194. The van der Waals surface area contributed by atoms with Crippen LogP contribution in [0.2, 0.25) is 0 Å². The lowest BCUT2D eigenvalue weighted by molar-refractivity contribution is -0.155. The Balaban J connectivity index is 1.93. The molecule has 3 heterocycles. The number of alkyl carbamates (subject to hydrolysis) is 1. The molecule has 0 radical (unpaired) electrons. The van der Waals surface area contributed by atoms with Gasteiger partial charge in [-0.3, -0.25) is 14.5 Å². The topological polar surface area (TPSA) is 107 Å². The zero-order valence-corrected chi connectivity index (χ0v) is 32.4. The molecule has 2 aliphatic rings. The molecule has 9 nitrogen and oxygen atoms in total. The number of hydrogen-bond donors (Lipinski definition) is 1. The van der Waals surface area contributed by atoms with E-state index in [1.165, 1.54) is 0 Å². The first-order chi connectivity index (χ1) is 21.8. The molecule has 1 aromatic heterocycles. The maximum atomic E-state index is 13.9. The van der Waals surface area contributed by atoms with Crippen LogP contribution in [0.4, 0.5) is 4.79 Å². The quantitative estimate of drug-likeness (QED) is 0.175. The van der Waals surface area contributed by atoms with E-state index in [4.69, 9.17) is 14.2 Å². The van der Waals surface area contributed by atoms with Crippen LogP contribution in [0.15, 0.2) is 15.3 Å². The van der Waals surface area contributed by atoms with Crippen molar-refractivity contribution in [1.82, 2.24) is 15.2 Å². The van der Waals surface area contributed by atoms with Crippen molar-refractivity contribution in [2.75, 3.05) is 26.5 Å². The number of methoxy groups -OCH3 is 1. The molecule has 0 bridgehead atoms. The number of fused-ring (bicyclic) bond motifs is 1. The minimum atomic E-state index is -0.861. The van der Waals surface area contributed by atoms with Gasteiger partial charge in [-0.05, 0) is 70.8 Å². The average molecular weight is 694 g/mol. The molecular weight excluding hydrogens is 635 g/mol. The van der Waals surface area contributed by atoms with Gasteiger partial charge >= 0.3 is 12.1 Å². The normalized spacial score (nSPS) is 32.7. The molecule has 1 amide bonds. The van der Waals surface area contributed by atoms with E-state index in [1.807, 2.05) is 66.2 Å². The zero-order chi connectivity index (χ0) is 35.3. The van der Waals surface area contributed by atoms with Crippen LogP contribution >= 0.6 is 23.1 Å². The lowest BCUT2D eigenvalue weighted by Gasteiger charge is -2.36. The first kappa shape index (κ1) is 39.5. The van der Waals surface area contributed by atoms with E-state index in [-0.39, 0.29) is 41.6 Å². The summed E-state index contributed by atoms with van der Waals surface area (Å²) in [4.78, 5) is 47.0. The Morgan fingerprint density at radius 1 is 1.23 bits per heavy atom. The van der Waals surface area contributed by atoms with Gasteiger partial charge in [0, 0.05) is 49.5 Å². The van der Waals surface area contributed by atoms with Crippen molar-refractivity contribution in [3.63, 3.8) is 0 Å². The van der Waals surface area contributed by atoms with Crippen LogP contribution < -0.4 is 5.32 Å². The second kappa shape index (κ2) is 16.2. The fourth-order valence-corrected chi connectivity index (χ4v) is 8.30. The standard InChI is InChI=1S/C36H59N3O6S2/c1-22-14-13-15-36(10)28(39(36)17-16-37-32(42)45-34(5,6)7)19-27(23(2)18-26-21-47-33(38-26)46-12)44-30(40)20-29(43-11)35(8,9)31(41)25(4)24(22)3/h18,21-22,24-25,27-29H,13-17,19-20H2,1-12H3,(H,37,42)/b23-18+/t22-,24-,25+,27-,28-,29-,36+,39?/m0/s1. The number of rotatable bonds is 7. The maximum absolute atomic E-state index is 13.9. The van der Waals surface area contributed by atoms with Gasteiger partial charge in [-0.25, -0.2) is 9.78 Å². The number of Topliss-reactive ketones (excluding diaryl/α,β-unsaturated/α-hetero) is 1. The summed E-state index contributed by atoms with van der Waals surface area (Å²) < 4.78 is 18.5. The highest BCUT2D eigenvalue weighted by atomic mass is 32.2. The number of esters is 1. The first-order valence-corrected chi connectivity index (χ1v) is 19.1. The number of nitrogens with zero attached hydrogens (tertiary/aromatic N) is 2. The van der Waals surface area contributed by atoms with E-state index in [2.05, 4.69) is 36.0 Å². The van der Waals surface area contributed by atoms with Crippen LogP contribution in [0.3, 0.4) is 0 Å². The van der Waals surface area contributed by atoms with Crippen LogP contribution in [0.25, 0.3) is 6.08 Å². The third kappa shape index (κ3) is 10.3. The van der Waals surface area contributed by atoms with Gasteiger partial charge in [0.15, 0.2) is 0 Å². The molecule has 1 aromatic rings. The summed E-state index contributed by atoms with van der Waals surface area (Å²) in [7, 11) is 1.56. The lowest BCUT2D eigenvalue weighted by Crippen LogP contribution is -2.45. The Bertz CT molecular complexity index is 1270. The number of thioether (sulfide) groups is 1. The molecule has 2 aliphatic heterocycles. The smallest absolute Gasteiger partial charge is 0.407 e. The number of carbonyl (C=O) groups is 3. The van der Waals surface area contributed by atoms with Gasteiger partial charge in [-0.15, -0.1) is 11.3 Å². The van der Waals surface area contributed by atoms with Gasteiger partial charge in [-0.2, -0.15) is 0 Å². The van der Waals surface area contributed by atoms with Gasteiger partial charge in [0.1, 0.15) is 21.8 Å². The van der Waals surface area contributed by atoms with Crippen molar-refractivity contribution in [3.05, 3.63) is 16.6 Å². The summed E-state index contributed by atoms with van der Waals surface area (Å²) in [5.74, 6) is 0.0884. The summed E-state index contributed by atoms with van der Waals surface area (Å²) in [5, 5.41) is 4.93. The SMILES string of the molecule is CO[C@H]1CC(=O)O[C@H](/C(C)=C/c2csc(SC)n2)C[C@@H]2N(CCNC(=O)OC(C)(C)C)[C@]2(C)CCC[C@H](C)[C@H](C)[C@@H](C)C(=O)C1(C)C. The molecule has 0 aromatic carbocycles. The Kier molecular flexibility index (Phi) is 13.6. The van der Waals surface area contributed by atoms with Crippen molar-refractivity contribution < 1.29 is 28.6 Å². The number of amides is 1. The molecule has 2 saturated heterocycles. The molecule has 266 valence electrons. The van der Waals surface area contributed by atoms with Crippen molar-refractivity contribution in [2.24, 2.45) is 23.2 Å². The third-order valence-corrected chi connectivity index (χ3v) is 12.4. The summed E-state index contributed by atoms with van der Waals surface area (Å²) >= 11 is 3.19.